The minimum absolute atomic E-state index is 0.180. The summed E-state index contributed by atoms with van der Waals surface area (Å²) in [4.78, 5) is 3.83. The lowest BCUT2D eigenvalue weighted by Crippen LogP contribution is -2.49. The maximum atomic E-state index is 8.89. The van der Waals surface area contributed by atoms with Crippen LogP contribution in [0.1, 0.15) is 17.7 Å². The van der Waals surface area contributed by atoms with Crippen molar-refractivity contribution in [1.29, 1.82) is 0 Å². The molecular weight excluding hydrogens is 266 g/mol. The summed E-state index contributed by atoms with van der Waals surface area (Å²) in [5, 5.41) is 14.2. The highest BCUT2D eigenvalue weighted by Crippen LogP contribution is 2.35. The minimum atomic E-state index is -0.180. The first-order valence-electron chi connectivity index (χ1n) is 5.98. The van der Waals surface area contributed by atoms with Gasteiger partial charge in [0.2, 0.25) is 0 Å². The highest BCUT2D eigenvalue weighted by Gasteiger charge is 2.38. The van der Waals surface area contributed by atoms with E-state index in [1.807, 2.05) is 6.26 Å². The van der Waals surface area contributed by atoms with Gasteiger partial charge in [0, 0.05) is 24.5 Å². The zero-order valence-corrected chi connectivity index (χ0v) is 12.1. The molecule has 3 N–H and O–H groups in total. The predicted octanol–water partition coefficient (Wildman–Crippen LogP) is 2.19. The van der Waals surface area contributed by atoms with Gasteiger partial charge in [0.15, 0.2) is 5.84 Å². The molecule has 1 aliphatic heterocycles. The number of hydrogen-bond donors (Lipinski definition) is 2. The second kappa shape index (κ2) is 5.95. The van der Waals surface area contributed by atoms with E-state index in [4.69, 9.17) is 10.9 Å². The summed E-state index contributed by atoms with van der Waals surface area (Å²) < 4.78 is -0.180. The monoisotopic (exact) mass is 285 g/mol. The number of nitrogens with two attached hydrogens (primary N) is 1. The molecule has 100 valence electrons. The van der Waals surface area contributed by atoms with Crippen LogP contribution < -0.4 is 5.73 Å². The largest absolute Gasteiger partial charge is 0.409 e. The topological polar surface area (TPSA) is 61.9 Å². The van der Waals surface area contributed by atoms with Crippen molar-refractivity contribution in [3.8, 4) is 0 Å². The maximum Gasteiger partial charge on any atom is 0.155 e. The van der Waals surface area contributed by atoms with Crippen LogP contribution in [-0.4, -0.2) is 40.0 Å². The fourth-order valence-electron chi connectivity index (χ4n) is 2.35. The molecule has 1 aromatic rings. The zero-order chi connectivity index (χ0) is 13.0. The maximum absolute atomic E-state index is 8.89. The number of thioether (sulfide) groups is 1. The molecule has 0 aromatic carbocycles. The molecule has 2 rings (SSSR count). The van der Waals surface area contributed by atoms with E-state index in [-0.39, 0.29) is 4.75 Å². The molecule has 2 heterocycles. The van der Waals surface area contributed by atoms with Crippen molar-refractivity contribution in [3.05, 3.63) is 22.4 Å². The molecule has 1 saturated heterocycles. The summed E-state index contributed by atoms with van der Waals surface area (Å²) in [6.45, 7) is 3.00. The Balaban J connectivity index is 1.94. The number of piperidine rings is 1. The number of rotatable bonds is 4. The molecule has 0 atom stereocenters. The lowest BCUT2D eigenvalue weighted by molar-refractivity contribution is 0.211. The van der Waals surface area contributed by atoms with Crippen LogP contribution in [0.4, 0.5) is 0 Å². The van der Waals surface area contributed by atoms with E-state index in [2.05, 4.69) is 27.6 Å². The third kappa shape index (κ3) is 2.81. The number of likely N-dealkylation sites (tertiary alicyclic amines) is 1. The van der Waals surface area contributed by atoms with Gasteiger partial charge in [0.05, 0.1) is 4.75 Å². The van der Waals surface area contributed by atoms with Gasteiger partial charge in [-0.3, -0.25) is 4.90 Å². The van der Waals surface area contributed by atoms with Crippen LogP contribution in [0.15, 0.2) is 22.7 Å². The number of thiophene rings is 1. The lowest BCUT2D eigenvalue weighted by atomic mass is 9.94. The second-order valence-corrected chi connectivity index (χ2v) is 6.76. The van der Waals surface area contributed by atoms with Crippen LogP contribution in [-0.2, 0) is 6.54 Å². The van der Waals surface area contributed by atoms with Crippen molar-refractivity contribution in [1.82, 2.24) is 4.90 Å². The first kappa shape index (κ1) is 13.7. The van der Waals surface area contributed by atoms with Crippen molar-refractivity contribution in [2.45, 2.75) is 24.1 Å². The summed E-state index contributed by atoms with van der Waals surface area (Å²) in [5.74, 6) is 0.366. The molecule has 18 heavy (non-hydrogen) atoms. The van der Waals surface area contributed by atoms with Crippen LogP contribution in [0.25, 0.3) is 0 Å². The minimum Gasteiger partial charge on any atom is -0.409 e. The fourth-order valence-corrected chi connectivity index (χ4v) is 3.94. The summed E-state index contributed by atoms with van der Waals surface area (Å²) in [6.07, 6.45) is 3.91. The molecule has 1 aliphatic rings. The zero-order valence-electron chi connectivity index (χ0n) is 10.5. The quantitative estimate of drug-likeness (QED) is 0.385. The van der Waals surface area contributed by atoms with Gasteiger partial charge in [0.1, 0.15) is 0 Å². The van der Waals surface area contributed by atoms with Crippen molar-refractivity contribution in [3.63, 3.8) is 0 Å². The van der Waals surface area contributed by atoms with Gasteiger partial charge in [-0.1, -0.05) is 11.2 Å². The Bertz CT molecular complexity index is 397. The molecule has 1 fully saturated rings. The molecule has 0 aliphatic carbocycles. The normalized spacial score (nSPS) is 21.1. The summed E-state index contributed by atoms with van der Waals surface area (Å²) >= 11 is 3.49. The van der Waals surface area contributed by atoms with Gasteiger partial charge >= 0.3 is 0 Å². The van der Waals surface area contributed by atoms with E-state index in [0.29, 0.717) is 5.84 Å². The Morgan fingerprint density at radius 2 is 2.33 bits per heavy atom. The molecule has 0 saturated carbocycles. The summed E-state index contributed by atoms with van der Waals surface area (Å²) in [5.41, 5.74) is 5.84. The smallest absolute Gasteiger partial charge is 0.155 e. The van der Waals surface area contributed by atoms with Gasteiger partial charge in [-0.05, 0) is 30.5 Å². The number of amidine groups is 1. The van der Waals surface area contributed by atoms with Crippen LogP contribution in [0.2, 0.25) is 0 Å². The highest BCUT2D eigenvalue weighted by atomic mass is 32.2. The Labute approximate surface area is 116 Å². The number of hydrogen-bond acceptors (Lipinski definition) is 5. The van der Waals surface area contributed by atoms with Crippen molar-refractivity contribution >= 4 is 28.9 Å². The fraction of sp³-hybridized carbons (Fsp3) is 0.583. The predicted molar refractivity (Wildman–Crippen MR) is 78.5 cm³/mol. The average molecular weight is 285 g/mol. The van der Waals surface area contributed by atoms with Gasteiger partial charge in [-0.2, -0.15) is 11.8 Å². The average Bonchev–Trinajstić information content (AvgIpc) is 2.92. The molecule has 0 bridgehead atoms. The van der Waals surface area contributed by atoms with Gasteiger partial charge < -0.3 is 10.9 Å². The third-order valence-corrected chi connectivity index (χ3v) is 5.85. The summed E-state index contributed by atoms with van der Waals surface area (Å²) in [7, 11) is 0. The molecule has 0 radical (unpaired) electrons. The molecular formula is C12H19N3OS2. The van der Waals surface area contributed by atoms with Crippen LogP contribution in [0.3, 0.4) is 0 Å². The van der Waals surface area contributed by atoms with E-state index in [1.54, 1.807) is 23.1 Å². The third-order valence-electron chi connectivity index (χ3n) is 3.59. The van der Waals surface area contributed by atoms with Crippen LogP contribution in [0.5, 0.6) is 0 Å². The Morgan fingerprint density at radius 3 is 2.83 bits per heavy atom. The Hall–Kier alpha value is -0.720. The molecule has 6 heteroatoms. The van der Waals surface area contributed by atoms with E-state index in [1.165, 1.54) is 4.88 Å². The molecule has 0 unspecified atom stereocenters. The van der Waals surface area contributed by atoms with Crippen LogP contribution >= 0.6 is 23.1 Å². The lowest BCUT2D eigenvalue weighted by Gasteiger charge is -2.39. The SMILES string of the molecule is CSC1(C(N)=NO)CCN(Cc2cccs2)CC1. The first-order chi connectivity index (χ1) is 8.70. The molecule has 0 spiro atoms. The first-order valence-corrected chi connectivity index (χ1v) is 8.08. The molecule has 0 amide bonds. The molecule has 4 nitrogen and oxygen atoms in total. The molecule has 1 aromatic heterocycles. The van der Waals surface area contributed by atoms with Crippen molar-refractivity contribution in [2.24, 2.45) is 10.9 Å². The van der Waals surface area contributed by atoms with E-state index in [9.17, 15) is 0 Å². The van der Waals surface area contributed by atoms with E-state index in [0.717, 1.165) is 32.5 Å². The highest BCUT2D eigenvalue weighted by molar-refractivity contribution is 8.00. The van der Waals surface area contributed by atoms with Crippen molar-refractivity contribution in [2.75, 3.05) is 19.3 Å². The summed E-state index contributed by atoms with van der Waals surface area (Å²) in [6, 6.07) is 4.26. The second-order valence-electron chi connectivity index (χ2n) is 4.54. The van der Waals surface area contributed by atoms with Gasteiger partial charge in [-0.15, -0.1) is 11.3 Å². The van der Waals surface area contributed by atoms with E-state index < -0.39 is 0 Å². The van der Waals surface area contributed by atoms with Crippen molar-refractivity contribution < 1.29 is 5.21 Å². The number of nitrogens with zero attached hydrogens (tertiary/aromatic N) is 2. The van der Waals surface area contributed by atoms with Crippen LogP contribution in [0, 0.1) is 0 Å². The van der Waals surface area contributed by atoms with Gasteiger partial charge in [0.25, 0.3) is 0 Å². The van der Waals surface area contributed by atoms with E-state index >= 15 is 0 Å². The standard InChI is InChI=1S/C12H19N3OS2/c1-17-12(11(13)14-16)4-6-15(7-5-12)9-10-3-2-8-18-10/h2-3,8,16H,4-7,9H2,1H3,(H2,13,14). The Kier molecular flexibility index (Phi) is 4.53. The van der Waals surface area contributed by atoms with Gasteiger partial charge in [-0.25, -0.2) is 0 Å². The number of oxime groups is 1. The Morgan fingerprint density at radius 1 is 1.61 bits per heavy atom.